The van der Waals surface area contributed by atoms with Crippen LogP contribution in [0.2, 0.25) is 0 Å². The maximum Gasteiger partial charge on any atom is 0.165 e. The van der Waals surface area contributed by atoms with E-state index in [-0.39, 0.29) is 11.5 Å². The van der Waals surface area contributed by atoms with Gasteiger partial charge in [-0.3, -0.25) is 4.90 Å². The molecule has 1 atom stereocenters. The molecule has 0 bridgehead atoms. The summed E-state index contributed by atoms with van der Waals surface area (Å²) in [5, 5.41) is 21.1. The van der Waals surface area contributed by atoms with Crippen LogP contribution in [0.15, 0.2) is 48.5 Å². The van der Waals surface area contributed by atoms with E-state index in [0.717, 1.165) is 42.5 Å². The molecular formula is C26H28N2O2. The van der Waals surface area contributed by atoms with Gasteiger partial charge in [0.2, 0.25) is 0 Å². The predicted molar refractivity (Wildman–Crippen MR) is 122 cm³/mol. The summed E-state index contributed by atoms with van der Waals surface area (Å²) in [5.41, 5.74) is 9.37. The topological polar surface area (TPSA) is 46.9 Å². The number of hydrogen-bond acceptors (Lipinski definition) is 4. The number of likely N-dealkylation sites (N-methyl/N-ethyl adjacent to an activating group) is 1. The fourth-order valence-corrected chi connectivity index (χ4v) is 5.09. The summed E-state index contributed by atoms with van der Waals surface area (Å²) in [4.78, 5) is 4.53. The molecule has 2 N–H and O–H groups in total. The first-order chi connectivity index (χ1) is 14.4. The molecule has 1 aliphatic carbocycles. The molecule has 3 aromatic rings. The Bertz CT molecular complexity index is 1120. The fourth-order valence-electron chi connectivity index (χ4n) is 5.09. The normalized spacial score (nSPS) is 17.4. The highest BCUT2D eigenvalue weighted by molar-refractivity contribution is 5.84. The number of aromatic hydroxyl groups is 2. The van der Waals surface area contributed by atoms with E-state index in [1.165, 1.54) is 27.9 Å². The lowest BCUT2D eigenvalue weighted by Crippen LogP contribution is -2.35. The Morgan fingerprint density at radius 2 is 1.67 bits per heavy atom. The Balaban J connectivity index is 1.68. The van der Waals surface area contributed by atoms with Crippen LogP contribution in [0.4, 0.5) is 5.69 Å². The van der Waals surface area contributed by atoms with E-state index in [9.17, 15) is 10.2 Å². The van der Waals surface area contributed by atoms with Gasteiger partial charge in [0.25, 0.3) is 0 Å². The first-order valence-corrected chi connectivity index (χ1v) is 10.6. The van der Waals surface area contributed by atoms with Gasteiger partial charge in [0.1, 0.15) is 0 Å². The van der Waals surface area contributed by atoms with Crippen molar-refractivity contribution in [2.45, 2.75) is 25.3 Å². The third kappa shape index (κ3) is 2.94. The summed E-state index contributed by atoms with van der Waals surface area (Å²) in [5.74, 6) is -0.0352. The lowest BCUT2D eigenvalue weighted by molar-refractivity contribution is 0.228. The Kier molecular flexibility index (Phi) is 4.48. The highest BCUT2D eigenvalue weighted by atomic mass is 16.3. The molecule has 154 valence electrons. The monoisotopic (exact) mass is 400 g/mol. The molecule has 0 saturated heterocycles. The van der Waals surface area contributed by atoms with Crippen LogP contribution in [0, 0.1) is 0 Å². The average molecular weight is 401 g/mol. The standard InChI is InChI=1S/C26H28N2O2/c1-27(2)20-9-4-16(5-10-20)14-18-7-6-17-12-13-28(3)21-15-19-8-11-22(29)26(30)25(19)24(18)23(17)21/h4-11,21,29-30H,12-15H2,1-3H3/t21-/m1/s1. The van der Waals surface area contributed by atoms with E-state index in [1.807, 2.05) is 20.2 Å². The van der Waals surface area contributed by atoms with Crippen molar-refractivity contribution in [2.75, 3.05) is 32.6 Å². The van der Waals surface area contributed by atoms with Crippen LogP contribution in [0.25, 0.3) is 11.1 Å². The van der Waals surface area contributed by atoms with E-state index >= 15 is 0 Å². The Morgan fingerprint density at radius 1 is 0.933 bits per heavy atom. The van der Waals surface area contributed by atoms with Crippen molar-refractivity contribution in [1.82, 2.24) is 4.90 Å². The minimum Gasteiger partial charge on any atom is -0.504 e. The number of nitrogens with zero attached hydrogens (tertiary/aromatic N) is 2. The second-order valence-corrected chi connectivity index (χ2v) is 8.83. The molecule has 0 saturated carbocycles. The number of rotatable bonds is 3. The molecule has 0 radical (unpaired) electrons. The zero-order valence-corrected chi connectivity index (χ0v) is 17.8. The van der Waals surface area contributed by atoms with Gasteiger partial charge >= 0.3 is 0 Å². The minimum absolute atomic E-state index is 0.0109. The van der Waals surface area contributed by atoms with Crippen molar-refractivity contribution in [3.05, 3.63) is 76.3 Å². The van der Waals surface area contributed by atoms with Crippen molar-refractivity contribution >= 4 is 5.69 Å². The second-order valence-electron chi connectivity index (χ2n) is 8.83. The lowest BCUT2D eigenvalue weighted by Gasteiger charge is -2.40. The Labute approximate surface area is 178 Å². The van der Waals surface area contributed by atoms with Crippen molar-refractivity contribution in [3.8, 4) is 22.6 Å². The van der Waals surface area contributed by atoms with Crippen LogP contribution in [-0.2, 0) is 19.3 Å². The smallest absolute Gasteiger partial charge is 0.165 e. The van der Waals surface area contributed by atoms with Crippen molar-refractivity contribution in [2.24, 2.45) is 0 Å². The van der Waals surface area contributed by atoms with Gasteiger partial charge in [0, 0.05) is 37.9 Å². The van der Waals surface area contributed by atoms with E-state index in [0.29, 0.717) is 6.04 Å². The molecule has 0 aromatic heterocycles. The number of anilines is 1. The molecule has 1 heterocycles. The Morgan fingerprint density at radius 3 is 2.40 bits per heavy atom. The molecule has 4 heteroatoms. The summed E-state index contributed by atoms with van der Waals surface area (Å²) in [6.45, 7) is 1.04. The summed E-state index contributed by atoms with van der Waals surface area (Å²) in [7, 11) is 6.28. The third-order valence-electron chi connectivity index (χ3n) is 6.77. The summed E-state index contributed by atoms with van der Waals surface area (Å²) >= 11 is 0. The van der Waals surface area contributed by atoms with Gasteiger partial charge in [-0.2, -0.15) is 0 Å². The zero-order chi connectivity index (χ0) is 21.0. The number of fused-ring (bicyclic) bond motifs is 2. The number of phenols is 2. The van der Waals surface area contributed by atoms with Gasteiger partial charge in [0.05, 0.1) is 0 Å². The van der Waals surface area contributed by atoms with Crippen LogP contribution in [0.1, 0.15) is 33.9 Å². The summed E-state index contributed by atoms with van der Waals surface area (Å²) in [6.07, 6.45) is 2.67. The molecule has 0 amide bonds. The summed E-state index contributed by atoms with van der Waals surface area (Å²) < 4.78 is 0. The molecule has 0 spiro atoms. The van der Waals surface area contributed by atoms with Gasteiger partial charge in [-0.25, -0.2) is 0 Å². The first-order valence-electron chi connectivity index (χ1n) is 10.6. The molecule has 2 aliphatic rings. The molecular weight excluding hydrogens is 372 g/mol. The van der Waals surface area contributed by atoms with Crippen LogP contribution in [0.5, 0.6) is 11.5 Å². The molecule has 30 heavy (non-hydrogen) atoms. The van der Waals surface area contributed by atoms with Crippen LogP contribution >= 0.6 is 0 Å². The number of benzene rings is 3. The molecule has 3 aromatic carbocycles. The molecule has 0 unspecified atom stereocenters. The summed E-state index contributed by atoms with van der Waals surface area (Å²) in [6, 6.07) is 17.0. The van der Waals surface area contributed by atoms with Crippen molar-refractivity contribution < 1.29 is 10.2 Å². The van der Waals surface area contributed by atoms with Gasteiger partial charge in [-0.1, -0.05) is 30.3 Å². The van der Waals surface area contributed by atoms with Gasteiger partial charge in [0.15, 0.2) is 11.5 Å². The lowest BCUT2D eigenvalue weighted by atomic mass is 9.74. The highest BCUT2D eigenvalue weighted by Crippen LogP contribution is 2.51. The minimum atomic E-state index is -0.0461. The van der Waals surface area contributed by atoms with Gasteiger partial charge in [-0.15, -0.1) is 0 Å². The van der Waals surface area contributed by atoms with Crippen molar-refractivity contribution in [1.29, 1.82) is 0 Å². The fraction of sp³-hybridized carbons (Fsp3) is 0.308. The molecule has 0 fully saturated rings. The third-order valence-corrected chi connectivity index (χ3v) is 6.77. The number of phenolic OH excluding ortho intramolecular Hbond substituents is 2. The molecule has 4 nitrogen and oxygen atoms in total. The highest BCUT2D eigenvalue weighted by Gasteiger charge is 2.35. The Hall–Kier alpha value is -2.98. The van der Waals surface area contributed by atoms with E-state index in [1.54, 1.807) is 6.07 Å². The maximum absolute atomic E-state index is 10.8. The maximum atomic E-state index is 10.8. The largest absolute Gasteiger partial charge is 0.504 e. The van der Waals surface area contributed by atoms with Crippen LogP contribution in [0.3, 0.4) is 0 Å². The van der Waals surface area contributed by atoms with E-state index in [2.05, 4.69) is 53.2 Å². The SMILES string of the molecule is CN(C)c1ccc(Cc2ccc3c4c2-c2c(ccc(O)c2O)C[C@H]4N(C)CC3)cc1. The van der Waals surface area contributed by atoms with Crippen molar-refractivity contribution in [3.63, 3.8) is 0 Å². The first kappa shape index (κ1) is 19.0. The molecule has 5 rings (SSSR count). The van der Waals surface area contributed by atoms with E-state index in [4.69, 9.17) is 0 Å². The zero-order valence-electron chi connectivity index (χ0n) is 17.8. The quantitative estimate of drug-likeness (QED) is 0.635. The number of hydrogen-bond donors (Lipinski definition) is 2. The van der Waals surface area contributed by atoms with Gasteiger partial charge in [-0.05, 0) is 77.9 Å². The average Bonchev–Trinajstić information content (AvgIpc) is 2.74. The van der Waals surface area contributed by atoms with E-state index < -0.39 is 0 Å². The second kappa shape index (κ2) is 7.06. The predicted octanol–water partition coefficient (Wildman–Crippen LogP) is 4.51. The molecule has 1 aliphatic heterocycles. The van der Waals surface area contributed by atoms with Crippen LogP contribution in [-0.4, -0.2) is 42.8 Å². The van der Waals surface area contributed by atoms with Crippen LogP contribution < -0.4 is 4.90 Å². The van der Waals surface area contributed by atoms with Gasteiger partial charge < -0.3 is 15.1 Å².